The smallest absolute Gasteiger partial charge is 0.183 e. The van der Waals surface area contributed by atoms with Gasteiger partial charge in [0.25, 0.3) is 0 Å². The van der Waals surface area contributed by atoms with E-state index in [1.54, 1.807) is 0 Å². The molecule has 0 saturated carbocycles. The van der Waals surface area contributed by atoms with Gasteiger partial charge in [-0.3, -0.25) is 4.90 Å². The summed E-state index contributed by atoms with van der Waals surface area (Å²) in [7, 11) is 0. The monoisotopic (exact) mass is 366 g/mol. The van der Waals surface area contributed by atoms with Gasteiger partial charge in [-0.05, 0) is 64.7 Å². The van der Waals surface area contributed by atoms with Crippen molar-refractivity contribution in [2.75, 3.05) is 13.1 Å². The number of halogens is 2. The zero-order valence-electron chi connectivity index (χ0n) is 10.5. The minimum atomic E-state index is 0.137. The van der Waals surface area contributed by atoms with Crippen molar-refractivity contribution in [2.45, 2.75) is 39.3 Å². The van der Waals surface area contributed by atoms with Crippen LogP contribution in [0.3, 0.4) is 0 Å². The molecule has 2 N–H and O–H groups in total. The molecule has 0 radical (unpaired) electrons. The molecule has 0 saturated heterocycles. The van der Waals surface area contributed by atoms with Crippen molar-refractivity contribution in [2.24, 2.45) is 5.73 Å². The Labute approximate surface area is 120 Å². The molecule has 1 rings (SSSR count). The van der Waals surface area contributed by atoms with Crippen molar-refractivity contribution in [3.63, 3.8) is 0 Å². The third-order valence-corrected chi connectivity index (χ3v) is 4.47. The summed E-state index contributed by atoms with van der Waals surface area (Å²) in [6.45, 7) is 8.13. The summed E-state index contributed by atoms with van der Waals surface area (Å²) in [4.78, 5) is 2.37. The summed E-state index contributed by atoms with van der Waals surface area (Å²) in [6.07, 6.45) is 1.11. The molecule has 0 amide bonds. The van der Waals surface area contributed by atoms with Gasteiger partial charge < -0.3 is 10.2 Å². The fourth-order valence-corrected chi connectivity index (χ4v) is 2.58. The van der Waals surface area contributed by atoms with Crippen LogP contribution in [-0.2, 0) is 0 Å². The van der Waals surface area contributed by atoms with Gasteiger partial charge in [-0.15, -0.1) is 0 Å². The summed E-state index contributed by atoms with van der Waals surface area (Å²) >= 11 is 6.80. The standard InChI is InChI=1S/C12H20Br2N2O/c1-4-5-16(8(2)3)10(7-15)11-6-9(13)12(14)17-11/h6,8,10H,4-5,7,15H2,1-3H3. The van der Waals surface area contributed by atoms with Crippen molar-refractivity contribution in [1.82, 2.24) is 4.90 Å². The van der Waals surface area contributed by atoms with Crippen LogP contribution in [0, 0.1) is 0 Å². The summed E-state index contributed by atoms with van der Waals surface area (Å²) in [5.41, 5.74) is 5.90. The van der Waals surface area contributed by atoms with Crippen molar-refractivity contribution in [1.29, 1.82) is 0 Å². The SMILES string of the molecule is CCCN(C(C)C)C(CN)c1cc(Br)c(Br)o1. The van der Waals surface area contributed by atoms with E-state index in [0.717, 1.165) is 27.9 Å². The number of nitrogens with two attached hydrogens (primary N) is 1. The third-order valence-electron chi connectivity index (χ3n) is 2.76. The van der Waals surface area contributed by atoms with Crippen LogP contribution < -0.4 is 5.73 Å². The van der Waals surface area contributed by atoms with Crippen LogP contribution in [-0.4, -0.2) is 24.0 Å². The average molecular weight is 368 g/mol. The number of hydrogen-bond acceptors (Lipinski definition) is 3. The molecule has 5 heteroatoms. The molecule has 17 heavy (non-hydrogen) atoms. The number of rotatable bonds is 6. The second-order valence-electron chi connectivity index (χ2n) is 4.35. The Kier molecular flexibility index (Phi) is 6.20. The van der Waals surface area contributed by atoms with E-state index in [1.807, 2.05) is 6.07 Å². The Bertz CT molecular complexity index is 333. The van der Waals surface area contributed by atoms with Crippen LogP contribution in [0.25, 0.3) is 0 Å². The van der Waals surface area contributed by atoms with Gasteiger partial charge in [0.1, 0.15) is 5.76 Å². The first kappa shape index (κ1) is 15.2. The summed E-state index contributed by atoms with van der Waals surface area (Å²) < 4.78 is 7.36. The molecule has 0 aliphatic carbocycles. The Balaban J connectivity index is 2.95. The highest BCUT2D eigenvalue weighted by atomic mass is 79.9. The molecular formula is C12H20Br2N2O. The van der Waals surface area contributed by atoms with Gasteiger partial charge in [0.2, 0.25) is 0 Å². The van der Waals surface area contributed by atoms with Crippen molar-refractivity contribution < 1.29 is 4.42 Å². The van der Waals surface area contributed by atoms with Crippen molar-refractivity contribution in [3.05, 3.63) is 21.0 Å². The zero-order valence-corrected chi connectivity index (χ0v) is 13.7. The van der Waals surface area contributed by atoms with E-state index in [-0.39, 0.29) is 6.04 Å². The number of furan rings is 1. The molecule has 98 valence electrons. The number of nitrogens with zero attached hydrogens (tertiary/aromatic N) is 1. The molecule has 0 aliphatic heterocycles. The minimum absolute atomic E-state index is 0.137. The molecule has 1 atom stereocenters. The van der Waals surface area contributed by atoms with Gasteiger partial charge in [-0.1, -0.05) is 6.92 Å². The molecular weight excluding hydrogens is 348 g/mol. The van der Waals surface area contributed by atoms with E-state index in [2.05, 4.69) is 57.5 Å². The molecule has 0 aliphatic rings. The first-order valence-electron chi connectivity index (χ1n) is 5.91. The molecule has 1 unspecified atom stereocenters. The van der Waals surface area contributed by atoms with Crippen LogP contribution in [0.1, 0.15) is 39.0 Å². The Morgan fingerprint density at radius 1 is 1.41 bits per heavy atom. The van der Waals surface area contributed by atoms with E-state index >= 15 is 0 Å². The highest BCUT2D eigenvalue weighted by Gasteiger charge is 2.24. The van der Waals surface area contributed by atoms with E-state index in [9.17, 15) is 0 Å². The van der Waals surface area contributed by atoms with Crippen molar-refractivity contribution in [3.8, 4) is 0 Å². The maximum absolute atomic E-state index is 5.90. The highest BCUT2D eigenvalue weighted by Crippen LogP contribution is 2.32. The minimum Gasteiger partial charge on any atom is -0.451 e. The molecule has 0 bridgehead atoms. The van der Waals surface area contributed by atoms with E-state index in [4.69, 9.17) is 10.2 Å². The Morgan fingerprint density at radius 2 is 2.06 bits per heavy atom. The fourth-order valence-electron chi connectivity index (χ4n) is 1.97. The van der Waals surface area contributed by atoms with Crippen LogP contribution in [0.2, 0.25) is 0 Å². The molecule has 3 nitrogen and oxygen atoms in total. The largest absolute Gasteiger partial charge is 0.451 e. The van der Waals surface area contributed by atoms with Crippen LogP contribution in [0.5, 0.6) is 0 Å². The van der Waals surface area contributed by atoms with Gasteiger partial charge in [-0.25, -0.2) is 0 Å². The quantitative estimate of drug-likeness (QED) is 0.828. The van der Waals surface area contributed by atoms with Gasteiger partial charge in [0.15, 0.2) is 4.67 Å². The van der Waals surface area contributed by atoms with Gasteiger partial charge in [-0.2, -0.15) is 0 Å². The van der Waals surface area contributed by atoms with Crippen LogP contribution in [0.4, 0.5) is 0 Å². The molecule has 1 aromatic heterocycles. The Morgan fingerprint density at radius 3 is 2.41 bits per heavy atom. The molecule has 0 aromatic carbocycles. The topological polar surface area (TPSA) is 42.4 Å². The molecule has 1 heterocycles. The normalized spacial score (nSPS) is 13.6. The first-order valence-corrected chi connectivity index (χ1v) is 7.50. The van der Waals surface area contributed by atoms with Gasteiger partial charge in [0.05, 0.1) is 10.5 Å². The van der Waals surface area contributed by atoms with Crippen molar-refractivity contribution >= 4 is 31.9 Å². The summed E-state index contributed by atoms with van der Waals surface area (Å²) in [5.74, 6) is 0.911. The molecule has 1 aromatic rings. The lowest BCUT2D eigenvalue weighted by molar-refractivity contribution is 0.139. The second kappa shape index (κ2) is 6.92. The second-order valence-corrected chi connectivity index (χ2v) is 5.93. The lowest BCUT2D eigenvalue weighted by Gasteiger charge is -2.32. The van der Waals surface area contributed by atoms with Gasteiger partial charge in [0, 0.05) is 12.6 Å². The van der Waals surface area contributed by atoms with E-state index in [1.165, 1.54) is 0 Å². The van der Waals surface area contributed by atoms with E-state index in [0.29, 0.717) is 12.6 Å². The summed E-state index contributed by atoms with van der Waals surface area (Å²) in [6, 6.07) is 2.58. The zero-order chi connectivity index (χ0) is 13.0. The lowest BCUT2D eigenvalue weighted by Crippen LogP contribution is -2.39. The summed E-state index contributed by atoms with van der Waals surface area (Å²) in [5, 5.41) is 0. The van der Waals surface area contributed by atoms with Gasteiger partial charge >= 0.3 is 0 Å². The van der Waals surface area contributed by atoms with Crippen LogP contribution >= 0.6 is 31.9 Å². The van der Waals surface area contributed by atoms with Crippen LogP contribution in [0.15, 0.2) is 19.6 Å². The lowest BCUT2D eigenvalue weighted by atomic mass is 10.1. The average Bonchev–Trinajstić information content (AvgIpc) is 2.58. The maximum atomic E-state index is 5.90. The Hall–Kier alpha value is 0.160. The van der Waals surface area contributed by atoms with E-state index < -0.39 is 0 Å². The fraction of sp³-hybridized carbons (Fsp3) is 0.667. The number of hydrogen-bond donors (Lipinski definition) is 1. The third kappa shape index (κ3) is 3.81. The molecule has 0 spiro atoms. The predicted octanol–water partition coefficient (Wildman–Crippen LogP) is 3.92. The maximum Gasteiger partial charge on any atom is 0.183 e. The highest BCUT2D eigenvalue weighted by molar-refractivity contribution is 9.13. The molecule has 0 fully saturated rings. The first-order chi connectivity index (χ1) is 8.01. The predicted molar refractivity (Wildman–Crippen MR) is 78.0 cm³/mol.